The summed E-state index contributed by atoms with van der Waals surface area (Å²) >= 11 is 8.78. The predicted molar refractivity (Wildman–Crippen MR) is 127 cm³/mol. The molecular formula is C23H18BrFN4OS. The maximum absolute atomic E-state index is 13.8. The van der Waals surface area contributed by atoms with Crippen LogP contribution in [0.2, 0.25) is 0 Å². The van der Waals surface area contributed by atoms with Crippen molar-refractivity contribution >= 4 is 50.5 Å². The van der Waals surface area contributed by atoms with E-state index in [1.807, 2.05) is 37.3 Å². The molecule has 0 heterocycles. The predicted octanol–water partition coefficient (Wildman–Crippen LogP) is 5.76. The van der Waals surface area contributed by atoms with Crippen LogP contribution in [-0.2, 0) is 0 Å². The Morgan fingerprint density at radius 2 is 1.81 bits per heavy atom. The highest BCUT2D eigenvalue weighted by molar-refractivity contribution is 9.10. The Morgan fingerprint density at radius 1 is 1.10 bits per heavy atom. The summed E-state index contributed by atoms with van der Waals surface area (Å²) in [5.41, 5.74) is 2.06. The number of nitrogens with one attached hydrogen (secondary N) is 3. The van der Waals surface area contributed by atoms with Crippen LogP contribution in [-0.4, -0.2) is 11.0 Å². The van der Waals surface area contributed by atoms with Gasteiger partial charge in [-0.15, -0.1) is 0 Å². The van der Waals surface area contributed by atoms with E-state index in [0.717, 1.165) is 10.0 Å². The van der Waals surface area contributed by atoms with Crippen LogP contribution >= 0.6 is 28.1 Å². The van der Waals surface area contributed by atoms with Crippen LogP contribution in [0, 0.1) is 17.1 Å². The van der Waals surface area contributed by atoms with Gasteiger partial charge in [-0.05, 0) is 67.2 Å². The third-order valence-corrected chi connectivity index (χ3v) is 5.23. The summed E-state index contributed by atoms with van der Waals surface area (Å²) in [5, 5.41) is 18.7. The van der Waals surface area contributed by atoms with E-state index in [-0.39, 0.29) is 22.9 Å². The third-order valence-electron chi connectivity index (χ3n) is 4.48. The van der Waals surface area contributed by atoms with Crippen molar-refractivity contribution < 1.29 is 9.18 Å². The number of nitriles is 1. The Kier molecular flexibility index (Phi) is 7.34. The highest BCUT2D eigenvalue weighted by atomic mass is 79.9. The van der Waals surface area contributed by atoms with Crippen molar-refractivity contribution in [1.82, 2.24) is 5.32 Å². The zero-order valence-corrected chi connectivity index (χ0v) is 18.9. The molecule has 0 radical (unpaired) electrons. The second-order valence-corrected chi connectivity index (χ2v) is 8.00. The summed E-state index contributed by atoms with van der Waals surface area (Å²) in [6.07, 6.45) is 0. The van der Waals surface area contributed by atoms with Gasteiger partial charge in [-0.25, -0.2) is 4.39 Å². The molecule has 3 N–H and O–H groups in total. The maximum atomic E-state index is 13.8. The first-order chi connectivity index (χ1) is 14.9. The molecular weight excluding hydrogens is 479 g/mol. The summed E-state index contributed by atoms with van der Waals surface area (Å²) in [6.45, 7) is 1.99. The quantitative estimate of drug-likeness (QED) is 0.391. The van der Waals surface area contributed by atoms with Gasteiger partial charge in [0, 0.05) is 10.2 Å². The molecule has 31 heavy (non-hydrogen) atoms. The topological polar surface area (TPSA) is 76.9 Å². The van der Waals surface area contributed by atoms with E-state index in [0.29, 0.717) is 10.8 Å². The molecule has 0 bridgehead atoms. The summed E-state index contributed by atoms with van der Waals surface area (Å²) < 4.78 is 14.8. The maximum Gasteiger partial charge on any atom is 0.258 e. The van der Waals surface area contributed by atoms with E-state index in [1.165, 1.54) is 18.2 Å². The minimum Gasteiger partial charge on any atom is -0.356 e. The molecule has 156 valence electrons. The molecule has 3 aromatic carbocycles. The molecule has 3 rings (SSSR count). The molecule has 0 aliphatic heterocycles. The summed E-state index contributed by atoms with van der Waals surface area (Å²) in [6, 6.07) is 20.4. The van der Waals surface area contributed by atoms with Gasteiger partial charge in [-0.1, -0.05) is 40.2 Å². The molecule has 3 aromatic rings. The van der Waals surface area contributed by atoms with Crippen molar-refractivity contribution in [3.05, 3.63) is 93.7 Å². The van der Waals surface area contributed by atoms with E-state index in [1.54, 1.807) is 24.3 Å². The second-order valence-electron chi connectivity index (χ2n) is 6.68. The van der Waals surface area contributed by atoms with Crippen LogP contribution in [0.15, 0.2) is 71.2 Å². The summed E-state index contributed by atoms with van der Waals surface area (Å²) in [4.78, 5) is 12.3. The Hall–Kier alpha value is -3.28. The van der Waals surface area contributed by atoms with Crippen LogP contribution in [0.5, 0.6) is 0 Å². The molecule has 5 nitrogen and oxygen atoms in total. The summed E-state index contributed by atoms with van der Waals surface area (Å²) in [7, 11) is 0. The molecule has 0 saturated carbocycles. The number of halogens is 2. The van der Waals surface area contributed by atoms with Crippen molar-refractivity contribution in [2.45, 2.75) is 13.0 Å². The smallest absolute Gasteiger partial charge is 0.258 e. The fourth-order valence-corrected chi connectivity index (χ4v) is 3.42. The number of carbonyl (C=O) groups is 1. The lowest BCUT2D eigenvalue weighted by atomic mass is 10.1. The number of thiocarbonyl (C=S) groups is 1. The normalized spacial score (nSPS) is 11.2. The van der Waals surface area contributed by atoms with Gasteiger partial charge in [0.15, 0.2) is 5.11 Å². The van der Waals surface area contributed by atoms with E-state index in [9.17, 15) is 14.4 Å². The van der Waals surface area contributed by atoms with Gasteiger partial charge in [-0.3, -0.25) is 4.79 Å². The highest BCUT2D eigenvalue weighted by Crippen LogP contribution is 2.22. The lowest BCUT2D eigenvalue weighted by molar-refractivity contribution is 0.102. The second kappa shape index (κ2) is 10.2. The summed E-state index contributed by atoms with van der Waals surface area (Å²) in [5.74, 6) is -1.26. The molecule has 8 heteroatoms. The highest BCUT2D eigenvalue weighted by Gasteiger charge is 2.14. The fourth-order valence-electron chi connectivity index (χ4n) is 2.86. The van der Waals surface area contributed by atoms with Crippen molar-refractivity contribution in [3.63, 3.8) is 0 Å². The van der Waals surface area contributed by atoms with Crippen molar-refractivity contribution in [2.75, 3.05) is 10.6 Å². The van der Waals surface area contributed by atoms with Crippen LogP contribution in [0.1, 0.15) is 34.5 Å². The largest absolute Gasteiger partial charge is 0.356 e. The van der Waals surface area contributed by atoms with Crippen LogP contribution in [0.25, 0.3) is 0 Å². The average molecular weight is 497 g/mol. The van der Waals surface area contributed by atoms with Crippen LogP contribution in [0.4, 0.5) is 15.8 Å². The SMILES string of the molecule is C[C@@H](NC(=S)Nc1ccc(NC(=O)c2ccccc2F)c(C#N)c1)c1ccc(Br)cc1. The van der Waals surface area contributed by atoms with E-state index in [2.05, 4.69) is 31.9 Å². The van der Waals surface area contributed by atoms with Gasteiger partial charge in [0.2, 0.25) is 0 Å². The standard InChI is InChI=1S/C23H18BrFN4OS/c1-14(15-6-8-17(24)9-7-15)27-23(31)28-18-10-11-21(16(12-18)13-26)29-22(30)19-4-2-3-5-20(19)25/h2-12,14H,1H3,(H,29,30)(H2,27,28,31)/t14-/m1/s1. The van der Waals surface area contributed by atoms with Crippen molar-refractivity contribution in [2.24, 2.45) is 0 Å². The van der Waals surface area contributed by atoms with Crippen molar-refractivity contribution in [3.8, 4) is 6.07 Å². The Bertz CT molecular complexity index is 1160. The Balaban J connectivity index is 1.67. The molecule has 0 spiro atoms. The number of hydrogen-bond acceptors (Lipinski definition) is 3. The first kappa shape index (κ1) is 22.4. The number of anilines is 2. The van der Waals surface area contributed by atoms with Gasteiger partial charge in [0.05, 0.1) is 22.9 Å². The third kappa shape index (κ3) is 5.87. The first-order valence-electron chi connectivity index (χ1n) is 9.30. The zero-order chi connectivity index (χ0) is 22.4. The van der Waals surface area contributed by atoms with Crippen molar-refractivity contribution in [1.29, 1.82) is 5.26 Å². The van der Waals surface area contributed by atoms with Gasteiger partial charge in [-0.2, -0.15) is 5.26 Å². The molecule has 1 amide bonds. The monoisotopic (exact) mass is 496 g/mol. The van der Waals surface area contributed by atoms with Gasteiger partial charge < -0.3 is 16.0 Å². The molecule has 0 aliphatic carbocycles. The molecule has 0 unspecified atom stereocenters. The average Bonchev–Trinajstić information content (AvgIpc) is 2.75. The molecule has 0 fully saturated rings. The lowest BCUT2D eigenvalue weighted by Crippen LogP contribution is -2.30. The molecule has 0 saturated heterocycles. The molecule has 0 aromatic heterocycles. The number of amides is 1. The van der Waals surface area contributed by atoms with Gasteiger partial charge in [0.25, 0.3) is 5.91 Å². The lowest BCUT2D eigenvalue weighted by Gasteiger charge is -2.18. The van der Waals surface area contributed by atoms with E-state index >= 15 is 0 Å². The Labute approximate surface area is 193 Å². The van der Waals surface area contributed by atoms with Gasteiger partial charge in [0.1, 0.15) is 11.9 Å². The zero-order valence-electron chi connectivity index (χ0n) is 16.4. The number of benzene rings is 3. The first-order valence-corrected chi connectivity index (χ1v) is 10.5. The van der Waals surface area contributed by atoms with E-state index < -0.39 is 11.7 Å². The Morgan fingerprint density at radius 3 is 2.48 bits per heavy atom. The minimum atomic E-state index is -0.631. The minimum absolute atomic E-state index is 0.0251. The number of rotatable bonds is 5. The van der Waals surface area contributed by atoms with E-state index in [4.69, 9.17) is 12.2 Å². The number of carbonyl (C=O) groups excluding carboxylic acids is 1. The number of hydrogen-bond donors (Lipinski definition) is 3. The molecule has 1 atom stereocenters. The molecule has 0 aliphatic rings. The van der Waals surface area contributed by atoms with Gasteiger partial charge >= 0.3 is 0 Å². The van der Waals surface area contributed by atoms with Crippen LogP contribution < -0.4 is 16.0 Å². The fraction of sp³-hybridized carbons (Fsp3) is 0.0870. The van der Waals surface area contributed by atoms with Crippen LogP contribution in [0.3, 0.4) is 0 Å². The number of nitrogens with zero attached hydrogens (tertiary/aromatic N) is 1.